The molecule has 1 N–H and O–H groups in total. The third-order valence-electron chi connectivity index (χ3n) is 3.54. The molecule has 2 fully saturated rings. The quantitative estimate of drug-likeness (QED) is 0.663. The first-order chi connectivity index (χ1) is 6.31. The predicted molar refractivity (Wildman–Crippen MR) is 53.5 cm³/mol. The number of hydrogen-bond donors (Lipinski definition) is 1. The van der Waals surface area contributed by atoms with E-state index in [4.69, 9.17) is 0 Å². The summed E-state index contributed by atoms with van der Waals surface area (Å²) in [6.07, 6.45) is 5.31. The Morgan fingerprint density at radius 2 is 2.23 bits per heavy atom. The van der Waals surface area contributed by atoms with Gasteiger partial charge in [-0.2, -0.15) is 0 Å². The van der Waals surface area contributed by atoms with E-state index in [9.17, 15) is 5.11 Å². The number of aliphatic hydroxyl groups is 1. The number of rotatable bonds is 3. The highest BCUT2D eigenvalue weighted by atomic mass is 16.3. The summed E-state index contributed by atoms with van der Waals surface area (Å²) in [5.41, 5.74) is 0. The van der Waals surface area contributed by atoms with E-state index in [0.29, 0.717) is 5.92 Å². The van der Waals surface area contributed by atoms with Crippen LogP contribution in [0.3, 0.4) is 0 Å². The van der Waals surface area contributed by atoms with E-state index < -0.39 is 0 Å². The second kappa shape index (κ2) is 3.81. The van der Waals surface area contributed by atoms with Crippen LogP contribution in [0.25, 0.3) is 0 Å². The zero-order valence-electron chi connectivity index (χ0n) is 8.15. The van der Waals surface area contributed by atoms with Gasteiger partial charge in [0.2, 0.25) is 0 Å². The van der Waals surface area contributed by atoms with E-state index in [1.165, 1.54) is 13.0 Å². The first-order valence-electron chi connectivity index (χ1n) is 5.32. The van der Waals surface area contributed by atoms with Crippen LogP contribution in [0.5, 0.6) is 0 Å². The lowest BCUT2D eigenvalue weighted by molar-refractivity contribution is 0.124. The largest absolute Gasteiger partial charge is 0.393 e. The molecule has 2 nitrogen and oxygen atoms in total. The van der Waals surface area contributed by atoms with Gasteiger partial charge in [-0.15, -0.1) is 6.58 Å². The minimum Gasteiger partial charge on any atom is -0.393 e. The van der Waals surface area contributed by atoms with Crippen LogP contribution in [0.4, 0.5) is 0 Å². The molecule has 1 saturated heterocycles. The van der Waals surface area contributed by atoms with E-state index in [2.05, 4.69) is 11.5 Å². The molecule has 0 spiro atoms. The van der Waals surface area contributed by atoms with Crippen molar-refractivity contribution in [3.8, 4) is 0 Å². The minimum atomic E-state index is -0.0151. The number of likely N-dealkylation sites (tertiary alicyclic amines) is 1. The number of nitrogens with zero attached hydrogens (tertiary/aromatic N) is 1. The zero-order valence-corrected chi connectivity index (χ0v) is 8.15. The molecule has 0 bridgehead atoms. The monoisotopic (exact) mass is 181 g/mol. The van der Waals surface area contributed by atoms with E-state index in [1.807, 2.05) is 6.08 Å². The van der Waals surface area contributed by atoms with Crippen molar-refractivity contribution in [2.45, 2.75) is 25.4 Å². The molecule has 1 saturated carbocycles. The predicted octanol–water partition coefficient (Wildman–Crippen LogP) is 1.27. The fraction of sp³-hybridized carbons (Fsp3) is 0.818. The molecular weight excluding hydrogens is 162 g/mol. The highest BCUT2D eigenvalue weighted by molar-refractivity contribution is 4.93. The summed E-state index contributed by atoms with van der Waals surface area (Å²) >= 11 is 0. The van der Waals surface area contributed by atoms with Crippen molar-refractivity contribution in [2.75, 3.05) is 19.6 Å². The van der Waals surface area contributed by atoms with Crippen molar-refractivity contribution < 1.29 is 5.11 Å². The number of hydrogen-bond acceptors (Lipinski definition) is 2. The number of fused-ring (bicyclic) bond motifs is 1. The van der Waals surface area contributed by atoms with Crippen LogP contribution >= 0.6 is 0 Å². The molecule has 0 aromatic rings. The first kappa shape index (κ1) is 9.22. The fourth-order valence-corrected chi connectivity index (χ4v) is 2.79. The lowest BCUT2D eigenvalue weighted by atomic mass is 10.00. The van der Waals surface area contributed by atoms with Crippen LogP contribution in [0.15, 0.2) is 12.7 Å². The molecule has 1 aliphatic carbocycles. The topological polar surface area (TPSA) is 23.5 Å². The highest BCUT2D eigenvalue weighted by Crippen LogP contribution is 2.37. The Kier molecular flexibility index (Phi) is 2.70. The molecule has 1 heterocycles. The summed E-state index contributed by atoms with van der Waals surface area (Å²) in [5, 5.41) is 9.70. The van der Waals surface area contributed by atoms with Gasteiger partial charge in [-0.05, 0) is 25.2 Å². The summed E-state index contributed by atoms with van der Waals surface area (Å²) in [6, 6.07) is 0. The lowest BCUT2D eigenvalue weighted by Crippen LogP contribution is -2.25. The van der Waals surface area contributed by atoms with Gasteiger partial charge in [0, 0.05) is 25.6 Å². The van der Waals surface area contributed by atoms with Gasteiger partial charge in [-0.25, -0.2) is 0 Å². The van der Waals surface area contributed by atoms with Crippen LogP contribution in [0.2, 0.25) is 0 Å². The van der Waals surface area contributed by atoms with Gasteiger partial charge in [-0.1, -0.05) is 6.08 Å². The van der Waals surface area contributed by atoms with Gasteiger partial charge in [0.05, 0.1) is 6.10 Å². The molecule has 0 unspecified atom stereocenters. The van der Waals surface area contributed by atoms with Gasteiger partial charge >= 0.3 is 0 Å². The Morgan fingerprint density at radius 1 is 1.38 bits per heavy atom. The fourth-order valence-electron chi connectivity index (χ4n) is 2.79. The average Bonchev–Trinajstić information content (AvgIpc) is 2.65. The molecule has 13 heavy (non-hydrogen) atoms. The molecule has 2 heteroatoms. The third-order valence-corrected chi connectivity index (χ3v) is 3.54. The maximum Gasteiger partial charge on any atom is 0.0583 e. The lowest BCUT2D eigenvalue weighted by Gasteiger charge is -2.16. The minimum absolute atomic E-state index is 0.0151. The van der Waals surface area contributed by atoms with Crippen molar-refractivity contribution in [3.05, 3.63) is 12.7 Å². The average molecular weight is 181 g/mol. The highest BCUT2D eigenvalue weighted by Gasteiger charge is 2.41. The molecule has 2 rings (SSSR count). The molecule has 0 radical (unpaired) electrons. The zero-order chi connectivity index (χ0) is 9.26. The second-order valence-corrected chi connectivity index (χ2v) is 4.41. The first-order valence-corrected chi connectivity index (χ1v) is 5.32. The van der Waals surface area contributed by atoms with Gasteiger partial charge in [0.25, 0.3) is 0 Å². The molecule has 0 aromatic carbocycles. The van der Waals surface area contributed by atoms with Crippen molar-refractivity contribution in [1.82, 2.24) is 4.90 Å². The van der Waals surface area contributed by atoms with Crippen LogP contribution in [-0.2, 0) is 0 Å². The Hall–Kier alpha value is -0.340. The number of aliphatic hydroxyl groups excluding tert-OH is 1. The Bertz CT molecular complexity index is 193. The van der Waals surface area contributed by atoms with Crippen molar-refractivity contribution in [1.29, 1.82) is 0 Å². The summed E-state index contributed by atoms with van der Waals surface area (Å²) < 4.78 is 0. The summed E-state index contributed by atoms with van der Waals surface area (Å²) in [7, 11) is 0. The van der Waals surface area contributed by atoms with Crippen molar-refractivity contribution in [3.63, 3.8) is 0 Å². The Labute approximate surface area is 80.2 Å². The van der Waals surface area contributed by atoms with E-state index in [0.717, 1.165) is 31.8 Å². The Morgan fingerprint density at radius 3 is 2.92 bits per heavy atom. The summed E-state index contributed by atoms with van der Waals surface area (Å²) in [6.45, 7) is 7.18. The summed E-state index contributed by atoms with van der Waals surface area (Å²) in [5.74, 6) is 1.35. The maximum atomic E-state index is 9.70. The molecule has 74 valence electrons. The van der Waals surface area contributed by atoms with Crippen LogP contribution in [0.1, 0.15) is 19.3 Å². The second-order valence-electron chi connectivity index (χ2n) is 4.41. The smallest absolute Gasteiger partial charge is 0.0583 e. The SMILES string of the molecule is C=CCCN1C[C@H]2CC[C@@H](O)[C@H]2C1. The maximum absolute atomic E-state index is 9.70. The van der Waals surface area contributed by atoms with Crippen LogP contribution in [-0.4, -0.2) is 35.7 Å². The molecule has 0 aromatic heterocycles. The van der Waals surface area contributed by atoms with Gasteiger partial charge in [-0.3, -0.25) is 0 Å². The van der Waals surface area contributed by atoms with Crippen molar-refractivity contribution >= 4 is 0 Å². The molecular formula is C11H19NO. The molecule has 2 aliphatic rings. The normalized spacial score (nSPS) is 39.3. The van der Waals surface area contributed by atoms with Crippen LogP contribution in [0, 0.1) is 11.8 Å². The van der Waals surface area contributed by atoms with E-state index >= 15 is 0 Å². The van der Waals surface area contributed by atoms with Gasteiger partial charge < -0.3 is 10.0 Å². The van der Waals surface area contributed by atoms with Crippen LogP contribution < -0.4 is 0 Å². The molecule has 3 atom stereocenters. The summed E-state index contributed by atoms with van der Waals surface area (Å²) in [4.78, 5) is 2.47. The Balaban J connectivity index is 1.84. The third kappa shape index (κ3) is 1.79. The van der Waals surface area contributed by atoms with Gasteiger partial charge in [0.1, 0.15) is 0 Å². The van der Waals surface area contributed by atoms with E-state index in [-0.39, 0.29) is 6.10 Å². The van der Waals surface area contributed by atoms with Gasteiger partial charge in [0.15, 0.2) is 0 Å². The van der Waals surface area contributed by atoms with E-state index in [1.54, 1.807) is 0 Å². The molecule has 1 aliphatic heterocycles. The standard InChI is InChI=1S/C11H19NO/c1-2-3-6-12-7-9-4-5-11(13)10(9)8-12/h2,9-11,13H,1,3-8H2/t9-,10+,11-/m1/s1. The van der Waals surface area contributed by atoms with Crippen molar-refractivity contribution in [2.24, 2.45) is 11.8 Å². The molecule has 0 amide bonds.